The Kier molecular flexibility index (Phi) is 8.21. The molecule has 0 radical (unpaired) electrons. The number of carbonyl (C=O) groups is 3. The molecule has 2 N–H and O–H groups in total. The fourth-order valence-electron chi connectivity index (χ4n) is 2.40. The van der Waals surface area contributed by atoms with E-state index in [0.29, 0.717) is 24.4 Å². The van der Waals surface area contributed by atoms with E-state index in [4.69, 9.17) is 4.74 Å². The third-order valence-electron chi connectivity index (χ3n) is 3.99. The van der Waals surface area contributed by atoms with Crippen molar-refractivity contribution in [3.05, 3.63) is 60.2 Å². The number of rotatable bonds is 9. The van der Waals surface area contributed by atoms with Gasteiger partial charge in [0.05, 0.1) is 13.0 Å². The molecule has 2 aromatic rings. The van der Waals surface area contributed by atoms with E-state index in [9.17, 15) is 14.4 Å². The Bertz CT molecular complexity index is 803. The molecular weight excluding hydrogens is 356 g/mol. The molecule has 0 spiro atoms. The minimum atomic E-state index is -0.399. The summed E-state index contributed by atoms with van der Waals surface area (Å²) >= 11 is 0. The van der Waals surface area contributed by atoms with E-state index in [1.165, 1.54) is 0 Å². The number of benzene rings is 2. The van der Waals surface area contributed by atoms with E-state index in [1.54, 1.807) is 38.1 Å². The van der Waals surface area contributed by atoms with Gasteiger partial charge in [0.15, 0.2) is 0 Å². The van der Waals surface area contributed by atoms with Gasteiger partial charge in [0.25, 0.3) is 0 Å². The minimum absolute atomic E-state index is 0.0183. The summed E-state index contributed by atoms with van der Waals surface area (Å²) in [7, 11) is 0. The van der Waals surface area contributed by atoms with Gasteiger partial charge in [-0.25, -0.2) is 0 Å². The Labute approximate surface area is 165 Å². The first kappa shape index (κ1) is 21.2. The molecule has 28 heavy (non-hydrogen) atoms. The Balaban J connectivity index is 1.71. The fraction of sp³-hybridized carbons (Fsp3) is 0.318. The topological polar surface area (TPSA) is 84.5 Å². The second kappa shape index (κ2) is 10.9. The number of hydrogen-bond donors (Lipinski definition) is 2. The predicted molar refractivity (Wildman–Crippen MR) is 109 cm³/mol. The van der Waals surface area contributed by atoms with Crippen LogP contribution in [0.1, 0.15) is 32.3 Å². The Morgan fingerprint density at radius 2 is 1.57 bits per heavy atom. The number of anilines is 2. The van der Waals surface area contributed by atoms with Crippen molar-refractivity contribution in [3.63, 3.8) is 0 Å². The van der Waals surface area contributed by atoms with Crippen molar-refractivity contribution in [1.82, 2.24) is 0 Å². The highest BCUT2D eigenvalue weighted by Gasteiger charge is 2.10. The molecule has 0 aliphatic heterocycles. The summed E-state index contributed by atoms with van der Waals surface area (Å²) in [6.07, 6.45) is 0.699. The van der Waals surface area contributed by atoms with Gasteiger partial charge in [0, 0.05) is 30.1 Å². The average Bonchev–Trinajstić information content (AvgIpc) is 2.67. The molecule has 0 saturated carbocycles. The Morgan fingerprint density at radius 3 is 2.25 bits per heavy atom. The van der Waals surface area contributed by atoms with Crippen LogP contribution in [0.5, 0.6) is 0 Å². The van der Waals surface area contributed by atoms with Crippen LogP contribution >= 0.6 is 0 Å². The molecule has 6 nitrogen and oxygen atoms in total. The minimum Gasteiger partial charge on any atom is -0.465 e. The molecule has 0 aliphatic rings. The number of ether oxygens (including phenoxy) is 1. The molecule has 0 aromatic heterocycles. The van der Waals surface area contributed by atoms with Crippen LogP contribution in [0, 0.1) is 5.92 Å². The molecule has 0 heterocycles. The summed E-state index contributed by atoms with van der Waals surface area (Å²) in [5.41, 5.74) is 2.26. The lowest BCUT2D eigenvalue weighted by Crippen LogP contribution is -2.18. The lowest BCUT2D eigenvalue weighted by atomic mass is 10.2. The Morgan fingerprint density at radius 1 is 0.893 bits per heavy atom. The van der Waals surface area contributed by atoms with E-state index in [2.05, 4.69) is 10.6 Å². The van der Waals surface area contributed by atoms with Gasteiger partial charge in [0.2, 0.25) is 11.8 Å². The van der Waals surface area contributed by atoms with Crippen molar-refractivity contribution in [1.29, 1.82) is 0 Å². The Hall–Kier alpha value is -3.15. The van der Waals surface area contributed by atoms with Gasteiger partial charge in [-0.05, 0) is 23.8 Å². The first-order valence-electron chi connectivity index (χ1n) is 9.34. The zero-order valence-corrected chi connectivity index (χ0v) is 16.2. The first-order valence-corrected chi connectivity index (χ1v) is 9.34. The lowest BCUT2D eigenvalue weighted by molar-refractivity contribution is -0.144. The average molecular weight is 382 g/mol. The summed E-state index contributed by atoms with van der Waals surface area (Å²) < 4.78 is 5.17. The van der Waals surface area contributed by atoms with Crippen LogP contribution in [0.2, 0.25) is 0 Å². The molecule has 0 aliphatic carbocycles. The largest absolute Gasteiger partial charge is 0.465 e. The van der Waals surface area contributed by atoms with Gasteiger partial charge >= 0.3 is 5.97 Å². The summed E-state index contributed by atoms with van der Waals surface area (Å²) in [5, 5.41) is 5.50. The van der Waals surface area contributed by atoms with Crippen molar-refractivity contribution in [2.24, 2.45) is 5.92 Å². The second-order valence-electron chi connectivity index (χ2n) is 6.73. The molecule has 148 valence electrons. The maximum absolute atomic E-state index is 12.0. The summed E-state index contributed by atoms with van der Waals surface area (Å²) in [4.78, 5) is 35.6. The smallest absolute Gasteiger partial charge is 0.306 e. The quantitative estimate of drug-likeness (QED) is 0.646. The van der Waals surface area contributed by atoms with Crippen LogP contribution in [0.3, 0.4) is 0 Å². The summed E-state index contributed by atoms with van der Waals surface area (Å²) in [5.74, 6) is -0.913. The SMILES string of the molecule is CC(C)C(=O)Nc1cccc(NC(=O)CCC(=O)OCCc2ccccc2)c1. The van der Waals surface area contributed by atoms with Crippen molar-refractivity contribution < 1.29 is 19.1 Å². The molecule has 0 fully saturated rings. The highest BCUT2D eigenvalue weighted by molar-refractivity contribution is 5.95. The van der Waals surface area contributed by atoms with Crippen LogP contribution in [0.25, 0.3) is 0 Å². The second-order valence-corrected chi connectivity index (χ2v) is 6.73. The molecule has 0 atom stereocenters. The van der Waals surface area contributed by atoms with Gasteiger partial charge in [-0.15, -0.1) is 0 Å². The number of amides is 2. The van der Waals surface area contributed by atoms with E-state index < -0.39 is 5.97 Å². The van der Waals surface area contributed by atoms with Gasteiger partial charge < -0.3 is 15.4 Å². The highest BCUT2D eigenvalue weighted by atomic mass is 16.5. The van der Waals surface area contributed by atoms with Gasteiger partial charge in [-0.2, -0.15) is 0 Å². The number of carbonyl (C=O) groups excluding carboxylic acids is 3. The zero-order chi connectivity index (χ0) is 20.4. The van der Waals surface area contributed by atoms with E-state index in [0.717, 1.165) is 5.56 Å². The number of esters is 1. The van der Waals surface area contributed by atoms with Crippen molar-refractivity contribution in [2.75, 3.05) is 17.2 Å². The summed E-state index contributed by atoms with van der Waals surface area (Å²) in [6.45, 7) is 3.90. The molecule has 0 saturated heterocycles. The number of hydrogen-bond acceptors (Lipinski definition) is 4. The van der Waals surface area contributed by atoms with Crippen LogP contribution in [0.4, 0.5) is 11.4 Å². The molecule has 0 bridgehead atoms. The van der Waals surface area contributed by atoms with Crippen molar-refractivity contribution in [2.45, 2.75) is 33.1 Å². The van der Waals surface area contributed by atoms with E-state index >= 15 is 0 Å². The van der Waals surface area contributed by atoms with Crippen LogP contribution in [-0.4, -0.2) is 24.4 Å². The third-order valence-corrected chi connectivity index (χ3v) is 3.99. The molecule has 6 heteroatoms. The zero-order valence-electron chi connectivity index (χ0n) is 16.2. The standard InChI is InChI=1S/C22H26N2O4/c1-16(2)22(27)24-19-10-6-9-18(15-19)23-20(25)11-12-21(26)28-14-13-17-7-4-3-5-8-17/h3-10,15-16H,11-14H2,1-2H3,(H,23,25)(H,24,27). The van der Waals surface area contributed by atoms with Crippen LogP contribution in [-0.2, 0) is 25.5 Å². The number of nitrogens with one attached hydrogen (secondary N) is 2. The normalized spacial score (nSPS) is 10.4. The molecule has 2 aromatic carbocycles. The van der Waals surface area contributed by atoms with Crippen LogP contribution in [0.15, 0.2) is 54.6 Å². The van der Waals surface area contributed by atoms with Crippen LogP contribution < -0.4 is 10.6 Å². The fourth-order valence-corrected chi connectivity index (χ4v) is 2.40. The van der Waals surface area contributed by atoms with E-state index in [1.807, 2.05) is 30.3 Å². The highest BCUT2D eigenvalue weighted by Crippen LogP contribution is 2.16. The van der Waals surface area contributed by atoms with Gasteiger partial charge in [-0.3, -0.25) is 14.4 Å². The monoisotopic (exact) mass is 382 g/mol. The molecule has 2 rings (SSSR count). The molecule has 2 amide bonds. The van der Waals surface area contributed by atoms with E-state index in [-0.39, 0.29) is 30.6 Å². The van der Waals surface area contributed by atoms with Crippen molar-refractivity contribution in [3.8, 4) is 0 Å². The van der Waals surface area contributed by atoms with Gasteiger partial charge in [0.1, 0.15) is 0 Å². The predicted octanol–water partition coefficient (Wildman–Crippen LogP) is 3.79. The molecule has 0 unspecified atom stereocenters. The lowest BCUT2D eigenvalue weighted by Gasteiger charge is -2.10. The first-order chi connectivity index (χ1) is 13.4. The third kappa shape index (κ3) is 7.61. The maximum Gasteiger partial charge on any atom is 0.306 e. The molecular formula is C22H26N2O4. The maximum atomic E-state index is 12.0. The summed E-state index contributed by atoms with van der Waals surface area (Å²) in [6, 6.07) is 16.6. The van der Waals surface area contributed by atoms with Crippen molar-refractivity contribution >= 4 is 29.2 Å². The van der Waals surface area contributed by atoms with Gasteiger partial charge in [-0.1, -0.05) is 50.2 Å².